The van der Waals surface area contributed by atoms with Crippen LogP contribution in [0.15, 0.2) is 48.5 Å². The van der Waals surface area contributed by atoms with E-state index in [9.17, 15) is 9.18 Å². The van der Waals surface area contributed by atoms with E-state index in [1.165, 1.54) is 17.7 Å². The highest BCUT2D eigenvalue weighted by molar-refractivity contribution is 5.68. The minimum atomic E-state index is -0.578. The van der Waals surface area contributed by atoms with E-state index in [0.29, 0.717) is 6.42 Å². The standard InChI is InChI=1S/C17H17FO/c1-13-3-7-15(8-4-13)17(2,12-19)11-14-5-9-16(18)10-6-14/h3-10,12H,11H2,1-2H3. The average Bonchev–Trinajstić information content (AvgIpc) is 2.42. The average molecular weight is 256 g/mol. The smallest absolute Gasteiger partial charge is 0.130 e. The summed E-state index contributed by atoms with van der Waals surface area (Å²) in [6, 6.07) is 14.3. The van der Waals surface area contributed by atoms with Gasteiger partial charge in [-0.05, 0) is 43.5 Å². The van der Waals surface area contributed by atoms with E-state index >= 15 is 0 Å². The van der Waals surface area contributed by atoms with Crippen molar-refractivity contribution in [3.63, 3.8) is 0 Å². The van der Waals surface area contributed by atoms with Gasteiger partial charge in [0.25, 0.3) is 0 Å². The van der Waals surface area contributed by atoms with Crippen molar-refractivity contribution in [1.82, 2.24) is 0 Å². The van der Waals surface area contributed by atoms with Gasteiger partial charge in [-0.15, -0.1) is 0 Å². The zero-order valence-corrected chi connectivity index (χ0v) is 11.2. The van der Waals surface area contributed by atoms with E-state index in [1.807, 2.05) is 38.1 Å². The summed E-state index contributed by atoms with van der Waals surface area (Å²) < 4.78 is 12.9. The van der Waals surface area contributed by atoms with Gasteiger partial charge in [-0.3, -0.25) is 0 Å². The lowest BCUT2D eigenvalue weighted by molar-refractivity contribution is -0.112. The van der Waals surface area contributed by atoms with Gasteiger partial charge in [0.15, 0.2) is 0 Å². The molecule has 0 aliphatic rings. The molecule has 0 spiro atoms. The van der Waals surface area contributed by atoms with E-state index in [1.54, 1.807) is 12.1 Å². The molecule has 2 aromatic carbocycles. The predicted octanol–water partition coefficient (Wildman–Crippen LogP) is 3.83. The van der Waals surface area contributed by atoms with Crippen LogP contribution in [0.4, 0.5) is 4.39 Å². The van der Waals surface area contributed by atoms with Crippen LogP contribution in [0.1, 0.15) is 23.6 Å². The van der Waals surface area contributed by atoms with Crippen molar-refractivity contribution >= 4 is 6.29 Å². The summed E-state index contributed by atoms with van der Waals surface area (Å²) in [5, 5.41) is 0. The van der Waals surface area contributed by atoms with E-state index in [-0.39, 0.29) is 5.82 Å². The molecule has 0 saturated carbocycles. The number of benzene rings is 2. The van der Waals surface area contributed by atoms with Gasteiger partial charge in [0.2, 0.25) is 0 Å². The Morgan fingerprint density at radius 2 is 1.63 bits per heavy atom. The number of hydrogen-bond donors (Lipinski definition) is 0. The molecule has 2 rings (SSSR count). The van der Waals surface area contributed by atoms with Crippen LogP contribution >= 0.6 is 0 Å². The first-order valence-electron chi connectivity index (χ1n) is 6.31. The van der Waals surface area contributed by atoms with Gasteiger partial charge in [-0.1, -0.05) is 42.0 Å². The summed E-state index contributed by atoms with van der Waals surface area (Å²) in [6.07, 6.45) is 1.54. The number of halogens is 1. The second kappa shape index (κ2) is 5.35. The normalized spacial score (nSPS) is 13.8. The van der Waals surface area contributed by atoms with Gasteiger partial charge >= 0.3 is 0 Å². The Hall–Kier alpha value is -1.96. The van der Waals surface area contributed by atoms with E-state index in [0.717, 1.165) is 17.4 Å². The molecule has 2 aromatic rings. The maximum Gasteiger partial charge on any atom is 0.130 e. The van der Waals surface area contributed by atoms with Crippen molar-refractivity contribution in [3.05, 3.63) is 71.0 Å². The predicted molar refractivity (Wildman–Crippen MR) is 74.7 cm³/mol. The Balaban J connectivity index is 2.29. The van der Waals surface area contributed by atoms with Crippen LogP contribution in [0, 0.1) is 12.7 Å². The third-order valence-electron chi connectivity index (χ3n) is 3.46. The van der Waals surface area contributed by atoms with Gasteiger partial charge in [0.05, 0.1) is 5.41 Å². The molecular formula is C17H17FO. The fourth-order valence-corrected chi connectivity index (χ4v) is 2.17. The molecule has 0 amide bonds. The third kappa shape index (κ3) is 3.08. The summed E-state index contributed by atoms with van der Waals surface area (Å²) in [4.78, 5) is 11.5. The summed E-state index contributed by atoms with van der Waals surface area (Å²) in [5.41, 5.74) is 2.53. The van der Waals surface area contributed by atoms with E-state index < -0.39 is 5.41 Å². The van der Waals surface area contributed by atoms with Crippen LogP contribution < -0.4 is 0 Å². The molecule has 0 aliphatic heterocycles. The van der Waals surface area contributed by atoms with Crippen LogP contribution in [0.3, 0.4) is 0 Å². The van der Waals surface area contributed by atoms with Crippen LogP contribution in [0.2, 0.25) is 0 Å². The fourth-order valence-electron chi connectivity index (χ4n) is 2.17. The van der Waals surface area contributed by atoms with Crippen LogP contribution in [-0.4, -0.2) is 6.29 Å². The molecule has 0 bridgehead atoms. The molecule has 98 valence electrons. The lowest BCUT2D eigenvalue weighted by Crippen LogP contribution is -2.26. The molecule has 1 nitrogen and oxygen atoms in total. The molecule has 1 atom stereocenters. The SMILES string of the molecule is Cc1ccc(C(C)(C=O)Cc2ccc(F)cc2)cc1. The van der Waals surface area contributed by atoms with Gasteiger partial charge in [-0.2, -0.15) is 0 Å². The molecule has 2 heteroatoms. The number of aldehydes is 1. The first-order chi connectivity index (χ1) is 9.03. The van der Waals surface area contributed by atoms with Crippen molar-refractivity contribution < 1.29 is 9.18 Å². The van der Waals surface area contributed by atoms with Crippen molar-refractivity contribution in [2.45, 2.75) is 25.7 Å². The van der Waals surface area contributed by atoms with Gasteiger partial charge in [0.1, 0.15) is 12.1 Å². The van der Waals surface area contributed by atoms with Crippen molar-refractivity contribution in [2.24, 2.45) is 0 Å². The molecule has 0 fully saturated rings. The Kier molecular flexibility index (Phi) is 3.79. The minimum absolute atomic E-state index is 0.258. The molecule has 0 heterocycles. The molecule has 0 saturated heterocycles. The molecule has 0 aliphatic carbocycles. The van der Waals surface area contributed by atoms with E-state index in [2.05, 4.69) is 0 Å². The first-order valence-corrected chi connectivity index (χ1v) is 6.31. The number of carbonyl (C=O) groups is 1. The Morgan fingerprint density at radius 3 is 2.16 bits per heavy atom. The Bertz CT molecular complexity index is 557. The quantitative estimate of drug-likeness (QED) is 0.760. The molecule has 0 N–H and O–H groups in total. The summed E-state index contributed by atoms with van der Waals surface area (Å²) in [7, 11) is 0. The Morgan fingerprint density at radius 1 is 1.05 bits per heavy atom. The monoisotopic (exact) mass is 256 g/mol. The highest BCUT2D eigenvalue weighted by Crippen LogP contribution is 2.26. The minimum Gasteiger partial charge on any atom is -0.302 e. The number of rotatable bonds is 4. The lowest BCUT2D eigenvalue weighted by atomic mass is 9.78. The third-order valence-corrected chi connectivity index (χ3v) is 3.46. The van der Waals surface area contributed by atoms with Crippen molar-refractivity contribution in [1.29, 1.82) is 0 Å². The van der Waals surface area contributed by atoms with Gasteiger partial charge in [-0.25, -0.2) is 4.39 Å². The van der Waals surface area contributed by atoms with Crippen LogP contribution in [0.25, 0.3) is 0 Å². The molecule has 0 radical (unpaired) electrons. The van der Waals surface area contributed by atoms with Gasteiger partial charge < -0.3 is 4.79 Å². The van der Waals surface area contributed by atoms with Crippen LogP contribution in [-0.2, 0) is 16.6 Å². The maximum atomic E-state index is 12.9. The van der Waals surface area contributed by atoms with Crippen LogP contribution in [0.5, 0.6) is 0 Å². The number of carbonyl (C=O) groups excluding carboxylic acids is 1. The maximum absolute atomic E-state index is 12.9. The second-order valence-corrected chi connectivity index (χ2v) is 5.20. The topological polar surface area (TPSA) is 17.1 Å². The molecule has 1 unspecified atom stereocenters. The van der Waals surface area contributed by atoms with Crippen molar-refractivity contribution in [2.75, 3.05) is 0 Å². The summed E-state index contributed by atoms with van der Waals surface area (Å²) in [6.45, 7) is 3.93. The zero-order chi connectivity index (χ0) is 13.9. The van der Waals surface area contributed by atoms with Gasteiger partial charge in [0, 0.05) is 0 Å². The highest BCUT2D eigenvalue weighted by atomic mass is 19.1. The number of hydrogen-bond acceptors (Lipinski definition) is 1. The van der Waals surface area contributed by atoms with Crippen molar-refractivity contribution in [3.8, 4) is 0 Å². The first kappa shape index (κ1) is 13.5. The largest absolute Gasteiger partial charge is 0.302 e. The second-order valence-electron chi connectivity index (χ2n) is 5.20. The zero-order valence-electron chi connectivity index (χ0n) is 11.2. The van der Waals surface area contributed by atoms with E-state index in [4.69, 9.17) is 0 Å². The highest BCUT2D eigenvalue weighted by Gasteiger charge is 2.26. The summed E-state index contributed by atoms with van der Waals surface area (Å²) >= 11 is 0. The molecule has 0 aromatic heterocycles. The molecular weight excluding hydrogens is 239 g/mol. The Labute approximate surface area is 113 Å². The summed E-state index contributed by atoms with van der Waals surface area (Å²) in [5.74, 6) is -0.258. The molecule has 19 heavy (non-hydrogen) atoms. The fraction of sp³-hybridized carbons (Fsp3) is 0.235. The number of aryl methyl sites for hydroxylation is 1. The lowest BCUT2D eigenvalue weighted by Gasteiger charge is -2.24.